The largest absolute Gasteiger partial charge is 0.377 e. The van der Waals surface area contributed by atoms with Gasteiger partial charge in [0.2, 0.25) is 0 Å². The molecule has 1 aliphatic carbocycles. The Kier molecular flexibility index (Phi) is 5.94. The van der Waals surface area contributed by atoms with E-state index in [2.05, 4.69) is 39.9 Å². The summed E-state index contributed by atoms with van der Waals surface area (Å²) >= 11 is 0. The molecular weight excluding hydrogens is 210 g/mol. The highest BCUT2D eigenvalue weighted by atomic mass is 16.5. The lowest BCUT2D eigenvalue weighted by Crippen LogP contribution is -2.38. The van der Waals surface area contributed by atoms with E-state index in [0.717, 1.165) is 25.5 Å². The van der Waals surface area contributed by atoms with Crippen molar-refractivity contribution in [3.05, 3.63) is 0 Å². The van der Waals surface area contributed by atoms with Gasteiger partial charge >= 0.3 is 0 Å². The van der Waals surface area contributed by atoms with Gasteiger partial charge in [0, 0.05) is 6.04 Å². The van der Waals surface area contributed by atoms with Crippen LogP contribution >= 0.6 is 0 Å². The summed E-state index contributed by atoms with van der Waals surface area (Å²) < 4.78 is 6.13. The first-order valence-corrected chi connectivity index (χ1v) is 7.31. The van der Waals surface area contributed by atoms with E-state index in [1.807, 2.05) is 0 Å². The van der Waals surface area contributed by atoms with Crippen molar-refractivity contribution in [2.75, 3.05) is 13.2 Å². The summed E-state index contributed by atoms with van der Waals surface area (Å²) in [7, 11) is 0. The molecule has 102 valence electrons. The van der Waals surface area contributed by atoms with Crippen molar-refractivity contribution in [3.8, 4) is 0 Å². The van der Waals surface area contributed by atoms with E-state index in [1.54, 1.807) is 0 Å². The average molecular weight is 241 g/mol. The van der Waals surface area contributed by atoms with Crippen molar-refractivity contribution in [1.29, 1.82) is 0 Å². The molecule has 1 N–H and O–H groups in total. The van der Waals surface area contributed by atoms with E-state index < -0.39 is 0 Å². The molecule has 0 amide bonds. The molecule has 0 heterocycles. The predicted octanol–water partition coefficient (Wildman–Crippen LogP) is 3.61. The van der Waals surface area contributed by atoms with Gasteiger partial charge in [-0.3, -0.25) is 0 Å². The van der Waals surface area contributed by atoms with Crippen molar-refractivity contribution in [3.63, 3.8) is 0 Å². The van der Waals surface area contributed by atoms with Gasteiger partial charge < -0.3 is 10.1 Å². The second-order valence-corrected chi connectivity index (χ2v) is 6.53. The van der Waals surface area contributed by atoms with Crippen LogP contribution in [0.2, 0.25) is 0 Å². The zero-order chi connectivity index (χ0) is 12.9. The molecule has 0 spiro atoms. The maximum absolute atomic E-state index is 6.13. The number of likely N-dealkylation sites (N-methyl/N-ethyl adjacent to an activating group) is 1. The zero-order valence-electron chi connectivity index (χ0n) is 12.4. The number of hydrogen-bond donors (Lipinski definition) is 1. The Labute approximate surface area is 108 Å². The molecular formula is C15H31NO. The second kappa shape index (κ2) is 6.75. The third kappa shape index (κ3) is 5.39. The van der Waals surface area contributed by atoms with Crippen LogP contribution in [0.5, 0.6) is 0 Å². The predicted molar refractivity (Wildman–Crippen MR) is 74.3 cm³/mol. The molecule has 0 aromatic rings. The van der Waals surface area contributed by atoms with E-state index in [1.165, 1.54) is 19.3 Å². The number of ether oxygens (including phenoxy) is 1. The fraction of sp³-hybridized carbons (Fsp3) is 1.00. The molecule has 2 nitrogen and oxygen atoms in total. The quantitative estimate of drug-likeness (QED) is 0.767. The topological polar surface area (TPSA) is 21.3 Å². The van der Waals surface area contributed by atoms with Crippen molar-refractivity contribution in [2.24, 2.45) is 11.3 Å². The summed E-state index contributed by atoms with van der Waals surface area (Å²) in [6.07, 6.45) is 5.43. The third-order valence-electron chi connectivity index (χ3n) is 3.87. The van der Waals surface area contributed by atoms with E-state index in [0.29, 0.717) is 17.6 Å². The fourth-order valence-corrected chi connectivity index (χ4v) is 3.25. The van der Waals surface area contributed by atoms with Crippen molar-refractivity contribution in [2.45, 2.75) is 72.4 Å². The lowest BCUT2D eigenvalue weighted by atomic mass is 9.71. The molecule has 0 aromatic carbocycles. The van der Waals surface area contributed by atoms with Crippen molar-refractivity contribution >= 4 is 0 Å². The molecule has 3 atom stereocenters. The first kappa shape index (κ1) is 15.0. The second-order valence-electron chi connectivity index (χ2n) is 6.53. The van der Waals surface area contributed by atoms with E-state index in [4.69, 9.17) is 4.74 Å². The molecule has 1 saturated carbocycles. The molecule has 2 heteroatoms. The number of hydrogen-bond acceptors (Lipinski definition) is 2. The van der Waals surface area contributed by atoms with Gasteiger partial charge in [-0.2, -0.15) is 0 Å². The molecule has 0 aromatic heterocycles. The van der Waals surface area contributed by atoms with Gasteiger partial charge in [0.1, 0.15) is 0 Å². The maximum atomic E-state index is 6.13. The van der Waals surface area contributed by atoms with E-state index >= 15 is 0 Å². The van der Waals surface area contributed by atoms with Crippen LogP contribution in [0, 0.1) is 11.3 Å². The Balaban J connectivity index is 2.35. The van der Waals surface area contributed by atoms with Crippen LogP contribution in [0.3, 0.4) is 0 Å². The minimum absolute atomic E-state index is 0.461. The summed E-state index contributed by atoms with van der Waals surface area (Å²) in [5, 5.41) is 3.48. The first-order valence-electron chi connectivity index (χ1n) is 7.31. The van der Waals surface area contributed by atoms with Gasteiger partial charge in [0.05, 0.1) is 12.7 Å². The fourth-order valence-electron chi connectivity index (χ4n) is 3.25. The Morgan fingerprint density at radius 2 is 2.00 bits per heavy atom. The van der Waals surface area contributed by atoms with Gasteiger partial charge in [0.15, 0.2) is 0 Å². The van der Waals surface area contributed by atoms with Crippen LogP contribution in [-0.4, -0.2) is 25.3 Å². The molecule has 0 saturated heterocycles. The van der Waals surface area contributed by atoms with E-state index in [9.17, 15) is 0 Å². The van der Waals surface area contributed by atoms with E-state index in [-0.39, 0.29) is 0 Å². The number of rotatable bonds is 6. The molecule has 1 rings (SSSR count). The van der Waals surface area contributed by atoms with Gasteiger partial charge in [-0.15, -0.1) is 0 Å². The van der Waals surface area contributed by atoms with Gasteiger partial charge in [-0.05, 0) is 43.6 Å². The van der Waals surface area contributed by atoms with Crippen molar-refractivity contribution in [1.82, 2.24) is 5.32 Å². The minimum Gasteiger partial charge on any atom is -0.377 e. The molecule has 1 fully saturated rings. The Hall–Kier alpha value is -0.0800. The Morgan fingerprint density at radius 3 is 2.53 bits per heavy atom. The monoisotopic (exact) mass is 241 g/mol. The Morgan fingerprint density at radius 1 is 1.29 bits per heavy atom. The normalized spacial score (nSPS) is 30.2. The van der Waals surface area contributed by atoms with Crippen LogP contribution in [-0.2, 0) is 4.74 Å². The first-order chi connectivity index (χ1) is 7.96. The zero-order valence-corrected chi connectivity index (χ0v) is 12.4. The van der Waals surface area contributed by atoms with Crippen molar-refractivity contribution < 1.29 is 4.74 Å². The summed E-state index contributed by atoms with van der Waals surface area (Å²) in [6, 6.07) is 0.528. The van der Waals surface area contributed by atoms with Crippen LogP contribution < -0.4 is 5.32 Å². The van der Waals surface area contributed by atoms with Crippen LogP contribution in [0.4, 0.5) is 0 Å². The standard InChI is InChI=1S/C15H31NO/c1-6-13(16-7-2)11-17-14-8-12(3)9-15(4,5)10-14/h12-14,16H,6-11H2,1-5H3. The van der Waals surface area contributed by atoms with Crippen LogP contribution in [0.15, 0.2) is 0 Å². The molecule has 17 heavy (non-hydrogen) atoms. The minimum atomic E-state index is 0.461. The highest BCUT2D eigenvalue weighted by Crippen LogP contribution is 2.39. The summed E-state index contributed by atoms with van der Waals surface area (Å²) in [4.78, 5) is 0. The molecule has 1 aliphatic rings. The third-order valence-corrected chi connectivity index (χ3v) is 3.87. The Bertz CT molecular complexity index is 215. The lowest BCUT2D eigenvalue weighted by Gasteiger charge is -2.39. The molecule has 0 radical (unpaired) electrons. The van der Waals surface area contributed by atoms with Gasteiger partial charge in [-0.1, -0.05) is 34.6 Å². The summed E-state index contributed by atoms with van der Waals surface area (Å²) in [6.45, 7) is 13.4. The number of nitrogens with one attached hydrogen (secondary N) is 1. The molecule has 0 bridgehead atoms. The summed E-state index contributed by atoms with van der Waals surface area (Å²) in [5.74, 6) is 0.808. The molecule has 3 unspecified atom stereocenters. The van der Waals surface area contributed by atoms with Gasteiger partial charge in [-0.25, -0.2) is 0 Å². The lowest BCUT2D eigenvalue weighted by molar-refractivity contribution is -0.0308. The smallest absolute Gasteiger partial charge is 0.0623 e. The average Bonchev–Trinajstić information content (AvgIpc) is 2.21. The van der Waals surface area contributed by atoms with Crippen LogP contribution in [0.25, 0.3) is 0 Å². The van der Waals surface area contributed by atoms with Crippen LogP contribution in [0.1, 0.15) is 60.3 Å². The molecule has 0 aliphatic heterocycles. The maximum Gasteiger partial charge on any atom is 0.0623 e. The van der Waals surface area contributed by atoms with Gasteiger partial charge in [0.25, 0.3) is 0 Å². The highest BCUT2D eigenvalue weighted by Gasteiger charge is 2.32. The SMILES string of the molecule is CCNC(CC)COC1CC(C)CC(C)(C)C1. The summed E-state index contributed by atoms with van der Waals surface area (Å²) in [5.41, 5.74) is 0.461. The highest BCUT2D eigenvalue weighted by molar-refractivity contribution is 4.83.